The predicted molar refractivity (Wildman–Crippen MR) is 104 cm³/mol. The maximum Gasteiger partial charge on any atom is 0.162 e. The Labute approximate surface area is 156 Å². The molecule has 1 N–H and O–H groups in total. The fraction of sp³-hybridized carbons (Fsp3) is 0.0909. The number of nitrogens with zero attached hydrogens (tertiary/aromatic N) is 2. The van der Waals surface area contributed by atoms with E-state index in [1.807, 2.05) is 66.7 Å². The van der Waals surface area contributed by atoms with Crippen molar-refractivity contribution in [2.75, 3.05) is 13.2 Å². The molecule has 0 fully saturated rings. The second kappa shape index (κ2) is 6.61. The molecule has 2 aromatic heterocycles. The molecule has 0 saturated heterocycles. The number of hydrogen-bond acceptors (Lipinski definition) is 4. The summed E-state index contributed by atoms with van der Waals surface area (Å²) in [6, 6.07) is 21.8. The van der Waals surface area contributed by atoms with E-state index in [9.17, 15) is 0 Å². The highest BCUT2D eigenvalue weighted by atomic mass is 16.6. The van der Waals surface area contributed by atoms with E-state index in [1.165, 1.54) is 0 Å². The van der Waals surface area contributed by atoms with E-state index in [2.05, 4.69) is 9.97 Å². The van der Waals surface area contributed by atoms with Gasteiger partial charge in [-0.05, 0) is 30.3 Å². The van der Waals surface area contributed by atoms with Crippen molar-refractivity contribution in [2.45, 2.75) is 0 Å². The highest BCUT2D eigenvalue weighted by molar-refractivity contribution is 5.80. The molecule has 5 heteroatoms. The third-order valence-corrected chi connectivity index (χ3v) is 4.49. The van der Waals surface area contributed by atoms with Crippen molar-refractivity contribution in [3.05, 3.63) is 72.9 Å². The van der Waals surface area contributed by atoms with E-state index in [1.54, 1.807) is 6.20 Å². The van der Waals surface area contributed by atoms with Crippen molar-refractivity contribution >= 4 is 0 Å². The Kier molecular flexibility index (Phi) is 3.83. The molecular formula is C22H17N3O2. The first-order valence-corrected chi connectivity index (χ1v) is 8.85. The van der Waals surface area contributed by atoms with Crippen molar-refractivity contribution < 1.29 is 9.47 Å². The molecule has 0 amide bonds. The van der Waals surface area contributed by atoms with E-state index >= 15 is 0 Å². The van der Waals surface area contributed by atoms with Gasteiger partial charge in [-0.1, -0.05) is 36.4 Å². The van der Waals surface area contributed by atoms with Gasteiger partial charge >= 0.3 is 0 Å². The van der Waals surface area contributed by atoms with Crippen LogP contribution in [0.4, 0.5) is 0 Å². The standard InChI is InChI=1S/C22H17N3O2/c1-2-6-15(7-3-1)22-24-20(21(25-22)17-8-4-5-11-23-17)16-9-10-18-19(14-16)27-13-12-26-18/h1-11,14H,12-13H2,(H,24,25). The highest BCUT2D eigenvalue weighted by Gasteiger charge is 2.19. The van der Waals surface area contributed by atoms with Gasteiger partial charge in [-0.3, -0.25) is 4.98 Å². The van der Waals surface area contributed by atoms with Crippen LogP contribution in [-0.4, -0.2) is 28.2 Å². The number of rotatable bonds is 3. The van der Waals surface area contributed by atoms with Crippen LogP contribution >= 0.6 is 0 Å². The van der Waals surface area contributed by atoms with Crippen LogP contribution in [0.2, 0.25) is 0 Å². The first kappa shape index (κ1) is 15.6. The molecule has 0 atom stereocenters. The van der Waals surface area contributed by atoms with Crippen molar-refractivity contribution in [3.63, 3.8) is 0 Å². The summed E-state index contributed by atoms with van der Waals surface area (Å²) in [6.45, 7) is 1.13. The minimum atomic E-state index is 0.555. The lowest BCUT2D eigenvalue weighted by Gasteiger charge is -2.18. The van der Waals surface area contributed by atoms with E-state index in [-0.39, 0.29) is 0 Å². The van der Waals surface area contributed by atoms with Gasteiger partial charge in [0.25, 0.3) is 0 Å². The maximum atomic E-state index is 5.74. The molecule has 0 saturated carbocycles. The smallest absolute Gasteiger partial charge is 0.162 e. The molecule has 5 nitrogen and oxygen atoms in total. The van der Waals surface area contributed by atoms with Gasteiger partial charge in [-0.2, -0.15) is 0 Å². The van der Waals surface area contributed by atoms with Crippen LogP contribution in [0, 0.1) is 0 Å². The molecule has 5 rings (SSSR count). The summed E-state index contributed by atoms with van der Waals surface area (Å²) < 4.78 is 11.4. The van der Waals surface area contributed by atoms with Crippen LogP contribution in [0.15, 0.2) is 72.9 Å². The number of hydrogen-bond donors (Lipinski definition) is 1. The van der Waals surface area contributed by atoms with Gasteiger partial charge < -0.3 is 14.5 Å². The number of nitrogens with one attached hydrogen (secondary N) is 1. The molecule has 132 valence electrons. The summed E-state index contributed by atoms with van der Waals surface area (Å²) in [5.41, 5.74) is 4.55. The summed E-state index contributed by atoms with van der Waals surface area (Å²) in [5, 5.41) is 0. The van der Waals surface area contributed by atoms with Gasteiger partial charge in [0.2, 0.25) is 0 Å². The zero-order valence-electron chi connectivity index (χ0n) is 14.6. The van der Waals surface area contributed by atoms with Gasteiger partial charge in [-0.15, -0.1) is 0 Å². The Morgan fingerprint density at radius 2 is 1.59 bits per heavy atom. The lowest BCUT2D eigenvalue weighted by Crippen LogP contribution is -2.15. The number of benzene rings is 2. The van der Waals surface area contributed by atoms with Crippen LogP contribution in [-0.2, 0) is 0 Å². The van der Waals surface area contributed by atoms with Crippen molar-refractivity contribution in [1.29, 1.82) is 0 Å². The molecular weight excluding hydrogens is 338 g/mol. The number of pyridine rings is 1. The Morgan fingerprint density at radius 3 is 2.41 bits per heavy atom. The van der Waals surface area contributed by atoms with Crippen LogP contribution in [0.5, 0.6) is 11.5 Å². The number of imidazole rings is 1. The molecule has 0 spiro atoms. The molecule has 1 aliphatic heterocycles. The van der Waals surface area contributed by atoms with Gasteiger partial charge in [0.05, 0.1) is 17.1 Å². The summed E-state index contributed by atoms with van der Waals surface area (Å²) in [7, 11) is 0. The fourth-order valence-electron chi connectivity index (χ4n) is 3.20. The molecule has 3 heterocycles. The van der Waals surface area contributed by atoms with E-state index < -0.39 is 0 Å². The van der Waals surface area contributed by atoms with E-state index in [0.29, 0.717) is 13.2 Å². The molecule has 27 heavy (non-hydrogen) atoms. The Morgan fingerprint density at radius 1 is 0.778 bits per heavy atom. The van der Waals surface area contributed by atoms with Gasteiger partial charge in [0.1, 0.15) is 19.0 Å². The van der Waals surface area contributed by atoms with E-state index in [4.69, 9.17) is 14.5 Å². The summed E-state index contributed by atoms with van der Waals surface area (Å²) in [4.78, 5) is 12.8. The Bertz CT molecular complexity index is 1080. The summed E-state index contributed by atoms with van der Waals surface area (Å²) in [6.07, 6.45) is 1.78. The zero-order chi connectivity index (χ0) is 18.1. The predicted octanol–water partition coefficient (Wildman–Crippen LogP) is 4.58. The third-order valence-electron chi connectivity index (χ3n) is 4.49. The molecule has 0 aliphatic carbocycles. The minimum Gasteiger partial charge on any atom is -0.486 e. The van der Waals surface area contributed by atoms with Crippen LogP contribution in [0.25, 0.3) is 34.0 Å². The third kappa shape index (κ3) is 2.93. The SMILES string of the molecule is c1ccc(-c2nc(-c3ccc4c(c3)OCCO4)c(-c3ccccn3)[nH]2)cc1. The lowest BCUT2D eigenvalue weighted by atomic mass is 10.1. The van der Waals surface area contributed by atoms with Crippen LogP contribution < -0.4 is 9.47 Å². The number of ether oxygens (including phenoxy) is 2. The molecule has 0 bridgehead atoms. The maximum absolute atomic E-state index is 5.74. The number of aromatic amines is 1. The summed E-state index contributed by atoms with van der Waals surface area (Å²) in [5.74, 6) is 2.32. The second-order valence-electron chi connectivity index (χ2n) is 6.25. The Balaban J connectivity index is 1.67. The van der Waals surface area contributed by atoms with Crippen molar-refractivity contribution in [1.82, 2.24) is 15.0 Å². The Hall–Kier alpha value is -3.60. The minimum absolute atomic E-state index is 0.555. The largest absolute Gasteiger partial charge is 0.486 e. The molecule has 0 unspecified atom stereocenters. The van der Waals surface area contributed by atoms with Gasteiger partial charge in [-0.25, -0.2) is 4.98 Å². The average Bonchev–Trinajstić information content (AvgIpc) is 3.20. The first-order valence-electron chi connectivity index (χ1n) is 8.85. The summed E-state index contributed by atoms with van der Waals surface area (Å²) >= 11 is 0. The quantitative estimate of drug-likeness (QED) is 0.584. The fourth-order valence-corrected chi connectivity index (χ4v) is 3.20. The van der Waals surface area contributed by atoms with E-state index in [0.717, 1.165) is 45.5 Å². The molecule has 2 aromatic carbocycles. The van der Waals surface area contributed by atoms with Crippen LogP contribution in [0.3, 0.4) is 0 Å². The lowest BCUT2D eigenvalue weighted by molar-refractivity contribution is 0.171. The van der Waals surface area contributed by atoms with Crippen molar-refractivity contribution in [3.8, 4) is 45.5 Å². The molecule has 1 aliphatic rings. The highest BCUT2D eigenvalue weighted by Crippen LogP contribution is 2.38. The molecule has 4 aromatic rings. The topological polar surface area (TPSA) is 60.0 Å². The van der Waals surface area contributed by atoms with Gasteiger partial charge in [0, 0.05) is 17.3 Å². The van der Waals surface area contributed by atoms with Crippen molar-refractivity contribution in [2.24, 2.45) is 0 Å². The first-order chi connectivity index (χ1) is 13.4. The van der Waals surface area contributed by atoms with Crippen LogP contribution in [0.1, 0.15) is 0 Å². The average molecular weight is 355 g/mol. The second-order valence-corrected chi connectivity index (χ2v) is 6.25. The van der Waals surface area contributed by atoms with Gasteiger partial charge in [0.15, 0.2) is 11.5 Å². The normalized spacial score (nSPS) is 12.7. The monoisotopic (exact) mass is 355 g/mol. The number of aromatic nitrogens is 3. The number of fused-ring (bicyclic) bond motifs is 1. The zero-order valence-corrected chi connectivity index (χ0v) is 14.6. The molecule has 0 radical (unpaired) electrons. The number of H-pyrrole nitrogens is 1.